The monoisotopic (exact) mass is 421 g/mol. The van der Waals surface area contributed by atoms with Crippen molar-refractivity contribution in [3.8, 4) is 0 Å². The van der Waals surface area contributed by atoms with Gasteiger partial charge in [0.05, 0.1) is 21.7 Å². The van der Waals surface area contributed by atoms with Crippen molar-refractivity contribution in [2.75, 3.05) is 0 Å². The van der Waals surface area contributed by atoms with E-state index in [1.165, 1.54) is 0 Å². The van der Waals surface area contributed by atoms with Crippen molar-refractivity contribution in [2.45, 2.75) is 59.5 Å². The topological polar surface area (TPSA) is 55.4 Å². The van der Waals surface area contributed by atoms with Crippen LogP contribution in [0.5, 0.6) is 0 Å². The Morgan fingerprint density at radius 2 is 1.93 bits per heavy atom. The van der Waals surface area contributed by atoms with E-state index in [9.17, 15) is 9.59 Å². The van der Waals surface area contributed by atoms with Gasteiger partial charge in [0.1, 0.15) is 0 Å². The van der Waals surface area contributed by atoms with Crippen molar-refractivity contribution in [1.29, 1.82) is 0 Å². The molecule has 1 aromatic carbocycles. The van der Waals surface area contributed by atoms with Gasteiger partial charge in [-0.25, -0.2) is 4.79 Å². The zero-order valence-electron chi connectivity index (χ0n) is 16.8. The Kier molecular flexibility index (Phi) is 5.66. The van der Waals surface area contributed by atoms with E-state index in [1.807, 2.05) is 13.0 Å². The highest BCUT2D eigenvalue weighted by molar-refractivity contribution is 6.42. The molecule has 0 aromatic heterocycles. The Labute approximate surface area is 175 Å². The SMILES string of the molecule is CC1=C(C(=O)OC(C)C)[C@@H](c2cccc(Cl)c2Cl)C2=C(CC(C)(C)CC2=O)N1. The first kappa shape index (κ1) is 20.9. The van der Waals surface area contributed by atoms with Gasteiger partial charge in [-0.1, -0.05) is 49.2 Å². The van der Waals surface area contributed by atoms with Gasteiger partial charge in [0, 0.05) is 29.3 Å². The molecular formula is C22H25Cl2NO3. The Balaban J connectivity index is 2.23. The predicted octanol–water partition coefficient (Wildman–Crippen LogP) is 5.55. The lowest BCUT2D eigenvalue weighted by atomic mass is 9.68. The Bertz CT molecular complexity index is 912. The van der Waals surface area contributed by atoms with Crippen molar-refractivity contribution in [3.63, 3.8) is 0 Å². The molecule has 1 aliphatic heterocycles. The maximum Gasteiger partial charge on any atom is 0.337 e. The van der Waals surface area contributed by atoms with E-state index in [0.29, 0.717) is 45.3 Å². The molecule has 28 heavy (non-hydrogen) atoms. The summed E-state index contributed by atoms with van der Waals surface area (Å²) in [6.07, 6.45) is 0.847. The predicted molar refractivity (Wildman–Crippen MR) is 111 cm³/mol. The minimum atomic E-state index is -0.600. The maximum atomic E-state index is 13.2. The molecule has 0 amide bonds. The fourth-order valence-electron chi connectivity index (χ4n) is 4.04. The average molecular weight is 422 g/mol. The molecule has 2 aliphatic rings. The van der Waals surface area contributed by atoms with Crippen LogP contribution in [0.15, 0.2) is 40.7 Å². The lowest BCUT2D eigenvalue weighted by Crippen LogP contribution is -2.39. The highest BCUT2D eigenvalue weighted by atomic mass is 35.5. The minimum absolute atomic E-state index is 0.0159. The summed E-state index contributed by atoms with van der Waals surface area (Å²) < 4.78 is 5.49. The van der Waals surface area contributed by atoms with Crippen LogP contribution in [0.25, 0.3) is 0 Å². The van der Waals surface area contributed by atoms with E-state index in [4.69, 9.17) is 27.9 Å². The lowest BCUT2D eigenvalue weighted by molar-refractivity contribution is -0.143. The lowest BCUT2D eigenvalue weighted by Gasteiger charge is -2.39. The summed E-state index contributed by atoms with van der Waals surface area (Å²) in [5.74, 6) is -1.04. The highest BCUT2D eigenvalue weighted by Gasteiger charge is 2.43. The second-order valence-corrected chi connectivity index (χ2v) is 9.31. The number of rotatable bonds is 3. The van der Waals surface area contributed by atoms with Crippen molar-refractivity contribution < 1.29 is 14.3 Å². The number of hydrogen-bond donors (Lipinski definition) is 1. The van der Waals surface area contributed by atoms with Crippen LogP contribution < -0.4 is 5.32 Å². The van der Waals surface area contributed by atoms with Crippen LogP contribution in [0.3, 0.4) is 0 Å². The van der Waals surface area contributed by atoms with E-state index >= 15 is 0 Å². The largest absolute Gasteiger partial charge is 0.460 e. The molecule has 0 saturated heterocycles. The van der Waals surface area contributed by atoms with Gasteiger partial charge in [0.25, 0.3) is 0 Å². The molecule has 1 heterocycles. The Morgan fingerprint density at radius 3 is 2.57 bits per heavy atom. The number of esters is 1. The van der Waals surface area contributed by atoms with Crippen molar-refractivity contribution in [1.82, 2.24) is 5.32 Å². The van der Waals surface area contributed by atoms with E-state index in [1.54, 1.807) is 26.0 Å². The molecule has 3 rings (SSSR count). The smallest absolute Gasteiger partial charge is 0.337 e. The summed E-state index contributed by atoms with van der Waals surface area (Å²) in [5.41, 5.74) is 3.01. The second kappa shape index (κ2) is 7.57. The van der Waals surface area contributed by atoms with Crippen LogP contribution in [0.1, 0.15) is 58.9 Å². The first-order chi connectivity index (χ1) is 13.0. The molecule has 1 N–H and O–H groups in total. The summed E-state index contributed by atoms with van der Waals surface area (Å²) in [5, 5.41) is 4.04. The maximum absolute atomic E-state index is 13.2. The molecule has 0 bridgehead atoms. The molecule has 4 nitrogen and oxygen atoms in total. The molecule has 1 aromatic rings. The third-order valence-corrected chi connectivity index (χ3v) is 5.93. The van der Waals surface area contributed by atoms with E-state index in [-0.39, 0.29) is 17.3 Å². The van der Waals surface area contributed by atoms with E-state index in [0.717, 1.165) is 5.70 Å². The number of dihydropyridines is 1. The van der Waals surface area contributed by atoms with Gasteiger partial charge in [-0.15, -0.1) is 0 Å². The molecule has 150 valence electrons. The van der Waals surface area contributed by atoms with Gasteiger partial charge in [0.15, 0.2) is 5.78 Å². The number of benzene rings is 1. The first-order valence-corrected chi connectivity index (χ1v) is 10.2. The molecule has 0 saturated carbocycles. The van der Waals surface area contributed by atoms with Gasteiger partial charge in [-0.3, -0.25) is 4.79 Å². The number of halogens is 2. The second-order valence-electron chi connectivity index (χ2n) is 8.53. The number of allylic oxidation sites excluding steroid dienone is 3. The number of Topliss-reactive ketones (excluding diaryl/α,β-unsaturated/α-hetero) is 1. The number of ether oxygens (including phenoxy) is 1. The quantitative estimate of drug-likeness (QED) is 0.649. The Hall–Kier alpha value is -1.78. The molecule has 0 unspecified atom stereocenters. The molecule has 6 heteroatoms. The number of nitrogens with one attached hydrogen (secondary N) is 1. The van der Waals surface area contributed by atoms with Gasteiger partial charge in [-0.2, -0.15) is 0 Å². The van der Waals surface area contributed by atoms with Crippen molar-refractivity contribution in [3.05, 3.63) is 56.3 Å². The minimum Gasteiger partial charge on any atom is -0.460 e. The standard InChI is InChI=1S/C22H25Cl2NO3/c1-11(2)28-21(27)17-12(3)25-15-9-22(4,5)10-16(26)19(15)18(17)13-7-6-8-14(23)20(13)24/h6-8,11,18,25H,9-10H2,1-5H3/t18-/m1/s1. The zero-order valence-corrected chi connectivity index (χ0v) is 18.3. The van der Waals surface area contributed by atoms with Gasteiger partial charge in [0.2, 0.25) is 0 Å². The van der Waals surface area contributed by atoms with Crippen LogP contribution in [0.2, 0.25) is 10.0 Å². The molecule has 1 atom stereocenters. The van der Waals surface area contributed by atoms with E-state index < -0.39 is 11.9 Å². The zero-order chi connectivity index (χ0) is 20.8. The molecule has 1 aliphatic carbocycles. The summed E-state index contributed by atoms with van der Waals surface area (Å²) in [6.45, 7) is 9.56. The van der Waals surface area contributed by atoms with Crippen LogP contribution in [-0.2, 0) is 14.3 Å². The van der Waals surface area contributed by atoms with Crippen molar-refractivity contribution in [2.24, 2.45) is 5.41 Å². The summed E-state index contributed by atoms with van der Waals surface area (Å²) in [6, 6.07) is 5.29. The summed E-state index contributed by atoms with van der Waals surface area (Å²) >= 11 is 12.8. The molecule has 0 spiro atoms. The summed E-state index contributed by atoms with van der Waals surface area (Å²) in [7, 11) is 0. The third-order valence-electron chi connectivity index (χ3n) is 5.09. The highest BCUT2D eigenvalue weighted by Crippen LogP contribution is 2.48. The fourth-order valence-corrected chi connectivity index (χ4v) is 4.46. The molecule has 0 fully saturated rings. The average Bonchev–Trinajstić information content (AvgIpc) is 2.54. The number of carbonyl (C=O) groups excluding carboxylic acids is 2. The first-order valence-electron chi connectivity index (χ1n) is 9.40. The number of carbonyl (C=O) groups is 2. The normalized spacial score (nSPS) is 21.6. The third kappa shape index (κ3) is 3.85. The van der Waals surface area contributed by atoms with Crippen LogP contribution in [0.4, 0.5) is 0 Å². The van der Waals surface area contributed by atoms with E-state index in [2.05, 4.69) is 19.2 Å². The van der Waals surface area contributed by atoms with Crippen LogP contribution >= 0.6 is 23.2 Å². The summed E-state index contributed by atoms with van der Waals surface area (Å²) in [4.78, 5) is 26.1. The molecular weight excluding hydrogens is 397 g/mol. The van der Waals surface area contributed by atoms with Crippen molar-refractivity contribution >= 4 is 35.0 Å². The number of hydrogen-bond acceptors (Lipinski definition) is 4. The fraction of sp³-hybridized carbons (Fsp3) is 0.455. The molecule has 0 radical (unpaired) electrons. The van der Waals surface area contributed by atoms with Crippen LogP contribution in [0, 0.1) is 5.41 Å². The van der Waals surface area contributed by atoms with Gasteiger partial charge >= 0.3 is 5.97 Å². The van der Waals surface area contributed by atoms with Crippen LogP contribution in [-0.4, -0.2) is 17.9 Å². The van der Waals surface area contributed by atoms with Gasteiger partial charge < -0.3 is 10.1 Å². The van der Waals surface area contributed by atoms with Gasteiger partial charge in [-0.05, 0) is 44.2 Å². The number of ketones is 1. The Morgan fingerprint density at radius 1 is 1.25 bits per heavy atom.